The maximum atomic E-state index is 12.3. The monoisotopic (exact) mass is 379 g/mol. The van der Waals surface area contributed by atoms with E-state index in [1.807, 2.05) is 49.5 Å². The minimum absolute atomic E-state index is 0.156. The molecule has 3 rings (SSSR count). The maximum absolute atomic E-state index is 12.3. The number of terminal acetylenes is 1. The zero-order chi connectivity index (χ0) is 19.9. The molecule has 1 atom stereocenters. The number of carbonyl (C=O) groups excluding carboxylic acids is 1. The number of carbonyl (C=O) groups is 1. The van der Waals surface area contributed by atoms with Gasteiger partial charge in [-0.25, -0.2) is 4.79 Å². The SMILES string of the molecule is C#Cc1cc(N2CCN(C(=O)OCc3ccccc3)CC2)cnc1[C@H](C)OC. The van der Waals surface area contributed by atoms with Crippen molar-refractivity contribution in [3.05, 3.63) is 59.4 Å². The van der Waals surface area contributed by atoms with Crippen LogP contribution in [0.25, 0.3) is 0 Å². The summed E-state index contributed by atoms with van der Waals surface area (Å²) >= 11 is 0. The van der Waals surface area contributed by atoms with E-state index in [0.29, 0.717) is 26.2 Å². The molecule has 1 fully saturated rings. The highest BCUT2D eigenvalue weighted by atomic mass is 16.6. The second-order valence-corrected chi connectivity index (χ2v) is 6.66. The van der Waals surface area contributed by atoms with Crippen molar-refractivity contribution >= 4 is 11.8 Å². The molecule has 0 radical (unpaired) electrons. The third-order valence-electron chi connectivity index (χ3n) is 4.91. The molecule has 146 valence electrons. The van der Waals surface area contributed by atoms with Crippen molar-refractivity contribution in [2.24, 2.45) is 0 Å². The first-order valence-electron chi connectivity index (χ1n) is 9.32. The highest BCUT2D eigenvalue weighted by Crippen LogP contribution is 2.23. The van der Waals surface area contributed by atoms with Crippen LogP contribution in [0, 0.1) is 12.3 Å². The Morgan fingerprint density at radius 2 is 1.96 bits per heavy atom. The van der Waals surface area contributed by atoms with Crippen molar-refractivity contribution in [2.75, 3.05) is 38.2 Å². The van der Waals surface area contributed by atoms with E-state index in [1.54, 1.807) is 12.0 Å². The first-order valence-corrected chi connectivity index (χ1v) is 9.32. The lowest BCUT2D eigenvalue weighted by Gasteiger charge is -2.35. The summed E-state index contributed by atoms with van der Waals surface area (Å²) in [6, 6.07) is 11.6. The van der Waals surface area contributed by atoms with E-state index in [4.69, 9.17) is 15.9 Å². The standard InChI is InChI=1S/C22H25N3O3/c1-4-19-14-20(15-23-21(19)17(2)27-3)24-10-12-25(13-11-24)22(26)28-16-18-8-6-5-7-9-18/h1,5-9,14-15,17H,10-13,16H2,2-3H3/t17-/m0/s1. The number of hydrogen-bond acceptors (Lipinski definition) is 5. The smallest absolute Gasteiger partial charge is 0.410 e. The van der Waals surface area contributed by atoms with Gasteiger partial charge < -0.3 is 19.3 Å². The summed E-state index contributed by atoms with van der Waals surface area (Å²) in [6.45, 7) is 4.79. The molecule has 0 aliphatic carbocycles. The molecule has 1 aromatic heterocycles. The van der Waals surface area contributed by atoms with Gasteiger partial charge in [-0.3, -0.25) is 4.98 Å². The number of benzene rings is 1. The van der Waals surface area contributed by atoms with Gasteiger partial charge in [0.2, 0.25) is 0 Å². The number of ether oxygens (including phenoxy) is 2. The fourth-order valence-electron chi connectivity index (χ4n) is 3.15. The van der Waals surface area contributed by atoms with Crippen molar-refractivity contribution in [1.82, 2.24) is 9.88 Å². The van der Waals surface area contributed by atoms with E-state index in [0.717, 1.165) is 22.5 Å². The van der Waals surface area contributed by atoms with Gasteiger partial charge in [-0.05, 0) is 18.6 Å². The third-order valence-corrected chi connectivity index (χ3v) is 4.91. The number of piperazine rings is 1. The summed E-state index contributed by atoms with van der Waals surface area (Å²) in [5.74, 6) is 2.70. The molecule has 0 unspecified atom stereocenters. The minimum atomic E-state index is -0.282. The molecule has 1 aliphatic heterocycles. The molecule has 6 heteroatoms. The van der Waals surface area contributed by atoms with E-state index < -0.39 is 0 Å². The minimum Gasteiger partial charge on any atom is -0.445 e. The fraction of sp³-hybridized carbons (Fsp3) is 0.364. The predicted octanol–water partition coefficient (Wildman–Crippen LogP) is 3.23. The highest BCUT2D eigenvalue weighted by molar-refractivity contribution is 5.68. The van der Waals surface area contributed by atoms with Gasteiger partial charge in [-0.2, -0.15) is 0 Å². The molecule has 2 heterocycles. The number of aromatic nitrogens is 1. The Labute approximate surface area is 166 Å². The second kappa shape index (κ2) is 9.25. The summed E-state index contributed by atoms with van der Waals surface area (Å²) in [6.07, 6.45) is 7.03. The second-order valence-electron chi connectivity index (χ2n) is 6.66. The van der Waals surface area contributed by atoms with Gasteiger partial charge in [0.15, 0.2) is 0 Å². The first kappa shape index (κ1) is 19.7. The van der Waals surface area contributed by atoms with Gasteiger partial charge in [-0.1, -0.05) is 36.3 Å². The summed E-state index contributed by atoms with van der Waals surface area (Å²) < 4.78 is 10.7. The molecule has 1 saturated heterocycles. The average molecular weight is 379 g/mol. The van der Waals surface area contributed by atoms with Crippen molar-refractivity contribution in [1.29, 1.82) is 0 Å². The first-order chi connectivity index (χ1) is 13.6. The fourth-order valence-corrected chi connectivity index (χ4v) is 3.15. The number of methoxy groups -OCH3 is 1. The number of hydrogen-bond donors (Lipinski definition) is 0. The lowest BCUT2D eigenvalue weighted by molar-refractivity contribution is 0.0941. The third kappa shape index (κ3) is 4.62. The van der Waals surface area contributed by atoms with Gasteiger partial charge in [-0.15, -0.1) is 6.42 Å². The molecular formula is C22H25N3O3. The van der Waals surface area contributed by atoms with Crippen molar-refractivity contribution in [3.63, 3.8) is 0 Å². The van der Waals surface area contributed by atoms with Gasteiger partial charge in [0, 0.05) is 33.3 Å². The summed E-state index contributed by atoms with van der Waals surface area (Å²) in [4.78, 5) is 20.7. The zero-order valence-corrected chi connectivity index (χ0v) is 16.3. The van der Waals surface area contributed by atoms with Crippen LogP contribution in [-0.4, -0.2) is 49.3 Å². The van der Waals surface area contributed by atoms with E-state index in [-0.39, 0.29) is 18.8 Å². The Morgan fingerprint density at radius 3 is 2.61 bits per heavy atom. The molecule has 2 aromatic rings. The maximum Gasteiger partial charge on any atom is 0.410 e. The van der Waals surface area contributed by atoms with Crippen LogP contribution in [0.1, 0.15) is 29.8 Å². The molecule has 28 heavy (non-hydrogen) atoms. The average Bonchev–Trinajstić information content (AvgIpc) is 2.77. The largest absolute Gasteiger partial charge is 0.445 e. The molecule has 1 amide bonds. The zero-order valence-electron chi connectivity index (χ0n) is 16.3. The number of anilines is 1. The van der Waals surface area contributed by atoms with Crippen molar-refractivity contribution in [2.45, 2.75) is 19.6 Å². The van der Waals surface area contributed by atoms with Crippen LogP contribution in [0.5, 0.6) is 0 Å². The summed E-state index contributed by atoms with van der Waals surface area (Å²) in [5.41, 5.74) is 3.43. The quantitative estimate of drug-likeness (QED) is 0.747. The summed E-state index contributed by atoms with van der Waals surface area (Å²) in [5, 5.41) is 0. The van der Waals surface area contributed by atoms with Crippen LogP contribution in [-0.2, 0) is 16.1 Å². The van der Waals surface area contributed by atoms with Crippen molar-refractivity contribution in [3.8, 4) is 12.3 Å². The Hall–Kier alpha value is -3.04. The van der Waals surface area contributed by atoms with Crippen LogP contribution >= 0.6 is 0 Å². The summed E-state index contributed by atoms with van der Waals surface area (Å²) in [7, 11) is 1.64. The lowest BCUT2D eigenvalue weighted by Crippen LogP contribution is -2.49. The van der Waals surface area contributed by atoms with Crippen LogP contribution in [0.2, 0.25) is 0 Å². The lowest BCUT2D eigenvalue weighted by atomic mass is 10.1. The van der Waals surface area contributed by atoms with Crippen LogP contribution in [0.3, 0.4) is 0 Å². The number of amides is 1. The van der Waals surface area contributed by atoms with Crippen LogP contribution in [0.4, 0.5) is 10.5 Å². The Kier molecular flexibility index (Phi) is 6.51. The molecule has 0 saturated carbocycles. The van der Waals surface area contributed by atoms with Gasteiger partial charge in [0.1, 0.15) is 6.61 Å². The van der Waals surface area contributed by atoms with Crippen LogP contribution in [0.15, 0.2) is 42.6 Å². The predicted molar refractivity (Wildman–Crippen MR) is 108 cm³/mol. The molecular weight excluding hydrogens is 354 g/mol. The van der Waals surface area contributed by atoms with E-state index >= 15 is 0 Å². The molecule has 1 aliphatic rings. The Balaban J connectivity index is 1.56. The molecule has 6 nitrogen and oxygen atoms in total. The normalized spacial score (nSPS) is 15.0. The van der Waals surface area contributed by atoms with Gasteiger partial charge in [0.05, 0.1) is 29.2 Å². The van der Waals surface area contributed by atoms with E-state index in [2.05, 4.69) is 15.8 Å². The van der Waals surface area contributed by atoms with Gasteiger partial charge in [0.25, 0.3) is 0 Å². The van der Waals surface area contributed by atoms with Crippen molar-refractivity contribution < 1.29 is 14.3 Å². The van der Waals surface area contributed by atoms with E-state index in [1.165, 1.54) is 0 Å². The number of nitrogens with zero attached hydrogens (tertiary/aromatic N) is 3. The van der Waals surface area contributed by atoms with E-state index in [9.17, 15) is 4.79 Å². The number of pyridine rings is 1. The van der Waals surface area contributed by atoms with Crippen LogP contribution < -0.4 is 4.90 Å². The molecule has 1 aromatic carbocycles. The molecule has 0 spiro atoms. The topological polar surface area (TPSA) is 54.9 Å². The van der Waals surface area contributed by atoms with Gasteiger partial charge >= 0.3 is 6.09 Å². The highest BCUT2D eigenvalue weighted by Gasteiger charge is 2.23. The number of rotatable bonds is 5. The Bertz CT molecular complexity index is 840. The molecule has 0 N–H and O–H groups in total. The Morgan fingerprint density at radius 1 is 1.25 bits per heavy atom. The molecule has 0 bridgehead atoms.